The molecule has 4 nitrogen and oxygen atoms in total. The van der Waals surface area contributed by atoms with Gasteiger partial charge in [-0.1, -0.05) is 13.8 Å². The minimum atomic E-state index is 0.567. The van der Waals surface area contributed by atoms with E-state index < -0.39 is 0 Å². The molecule has 0 amide bonds. The number of hydrogen-bond acceptors (Lipinski definition) is 3. The Morgan fingerprint density at radius 2 is 2.00 bits per heavy atom. The fraction of sp³-hybridized carbons (Fsp3) is 0.438. The van der Waals surface area contributed by atoms with E-state index >= 15 is 0 Å². The molecule has 0 aliphatic rings. The van der Waals surface area contributed by atoms with Gasteiger partial charge in [-0.25, -0.2) is 4.68 Å². The Hall–Kier alpha value is -1.49. The van der Waals surface area contributed by atoms with Crippen LogP contribution in [0.4, 0.5) is 0 Å². The first-order valence-corrected chi connectivity index (χ1v) is 7.90. The van der Waals surface area contributed by atoms with Crippen molar-refractivity contribution in [3.63, 3.8) is 0 Å². The zero-order valence-electron chi connectivity index (χ0n) is 12.9. The van der Waals surface area contributed by atoms with Crippen LogP contribution < -0.4 is 9.47 Å². The second-order valence-electron chi connectivity index (χ2n) is 5.24. The number of hydrogen-bond donors (Lipinski definition) is 0. The molecule has 1 aromatic heterocycles. The molecule has 0 unspecified atom stereocenters. The van der Waals surface area contributed by atoms with Crippen LogP contribution in [-0.4, -0.2) is 23.5 Å². The summed E-state index contributed by atoms with van der Waals surface area (Å²) in [6.07, 6.45) is 0.967. The van der Waals surface area contributed by atoms with Gasteiger partial charge in [-0.15, -0.1) is 0 Å². The highest BCUT2D eigenvalue weighted by molar-refractivity contribution is 9.10. The highest BCUT2D eigenvalue weighted by Gasteiger charge is 2.12. The number of nitrogens with zero attached hydrogens (tertiary/aromatic N) is 2. The van der Waals surface area contributed by atoms with E-state index in [-0.39, 0.29) is 0 Å². The van der Waals surface area contributed by atoms with Crippen molar-refractivity contribution in [1.82, 2.24) is 9.78 Å². The fourth-order valence-corrected chi connectivity index (χ4v) is 2.66. The van der Waals surface area contributed by atoms with Gasteiger partial charge in [0.2, 0.25) is 0 Å². The molecular weight excluding hydrogens is 332 g/mol. The van der Waals surface area contributed by atoms with Crippen molar-refractivity contribution in [3.8, 4) is 17.2 Å². The smallest absolute Gasteiger partial charge is 0.163 e. The van der Waals surface area contributed by atoms with Crippen molar-refractivity contribution in [1.29, 1.82) is 0 Å². The zero-order valence-corrected chi connectivity index (χ0v) is 14.5. The van der Waals surface area contributed by atoms with Gasteiger partial charge < -0.3 is 9.47 Å². The van der Waals surface area contributed by atoms with Gasteiger partial charge in [0.05, 0.1) is 19.4 Å². The van der Waals surface area contributed by atoms with Crippen molar-refractivity contribution in [2.24, 2.45) is 5.92 Å². The van der Waals surface area contributed by atoms with Crippen molar-refractivity contribution in [2.75, 3.05) is 13.7 Å². The van der Waals surface area contributed by atoms with Gasteiger partial charge in [-0.3, -0.25) is 0 Å². The van der Waals surface area contributed by atoms with Crippen LogP contribution in [0, 0.1) is 5.92 Å². The van der Waals surface area contributed by atoms with E-state index in [9.17, 15) is 0 Å². The molecule has 2 rings (SSSR count). The van der Waals surface area contributed by atoms with Gasteiger partial charge in [0, 0.05) is 11.8 Å². The third-order valence-electron chi connectivity index (χ3n) is 3.06. The van der Waals surface area contributed by atoms with Crippen LogP contribution in [-0.2, 0) is 6.42 Å². The summed E-state index contributed by atoms with van der Waals surface area (Å²) in [6, 6.07) is 7.93. The molecule has 0 saturated heterocycles. The standard InChI is InChI=1S/C16H21BrN2O2/c1-5-21-15-9-12(6-7-14(15)20-4)19-13(8-11(2)3)10-16(17)18-19/h6-7,9-11H,5,8H2,1-4H3. The number of methoxy groups -OCH3 is 1. The van der Waals surface area contributed by atoms with E-state index in [2.05, 4.69) is 40.9 Å². The Balaban J connectivity index is 2.44. The van der Waals surface area contributed by atoms with E-state index in [1.807, 2.05) is 29.8 Å². The predicted octanol–water partition coefficient (Wildman–Crippen LogP) is 4.24. The lowest BCUT2D eigenvalue weighted by Crippen LogP contribution is -2.06. The molecular formula is C16H21BrN2O2. The topological polar surface area (TPSA) is 36.3 Å². The molecule has 0 fully saturated rings. The van der Waals surface area contributed by atoms with Gasteiger partial charge >= 0.3 is 0 Å². The molecule has 5 heteroatoms. The van der Waals surface area contributed by atoms with Crippen molar-refractivity contribution < 1.29 is 9.47 Å². The lowest BCUT2D eigenvalue weighted by molar-refractivity contribution is 0.311. The molecule has 0 N–H and O–H groups in total. The van der Waals surface area contributed by atoms with E-state index in [1.165, 1.54) is 5.69 Å². The second-order valence-corrected chi connectivity index (χ2v) is 6.05. The quantitative estimate of drug-likeness (QED) is 0.779. The van der Waals surface area contributed by atoms with Crippen molar-refractivity contribution >= 4 is 15.9 Å². The first-order chi connectivity index (χ1) is 10.0. The van der Waals surface area contributed by atoms with Crippen LogP contribution in [0.3, 0.4) is 0 Å². The normalized spacial score (nSPS) is 11.0. The number of halogens is 1. The summed E-state index contributed by atoms with van der Waals surface area (Å²) in [6.45, 7) is 6.96. The van der Waals surface area contributed by atoms with E-state index in [1.54, 1.807) is 7.11 Å². The van der Waals surface area contributed by atoms with Crippen molar-refractivity contribution in [2.45, 2.75) is 27.2 Å². The average molecular weight is 353 g/mol. The Morgan fingerprint density at radius 1 is 1.24 bits per heavy atom. The lowest BCUT2D eigenvalue weighted by atomic mass is 10.1. The van der Waals surface area contributed by atoms with E-state index in [0.717, 1.165) is 28.2 Å². The zero-order chi connectivity index (χ0) is 15.4. The lowest BCUT2D eigenvalue weighted by Gasteiger charge is -2.13. The molecule has 21 heavy (non-hydrogen) atoms. The predicted molar refractivity (Wildman–Crippen MR) is 87.5 cm³/mol. The third-order valence-corrected chi connectivity index (χ3v) is 3.45. The SMILES string of the molecule is CCOc1cc(-n2nc(Br)cc2CC(C)C)ccc1OC. The maximum absolute atomic E-state index is 5.64. The minimum Gasteiger partial charge on any atom is -0.493 e. The largest absolute Gasteiger partial charge is 0.493 e. The molecule has 2 aromatic rings. The van der Waals surface area contributed by atoms with Gasteiger partial charge in [0.25, 0.3) is 0 Å². The molecule has 1 heterocycles. The fourth-order valence-electron chi connectivity index (χ4n) is 2.24. The maximum Gasteiger partial charge on any atom is 0.163 e. The Kier molecular flexibility index (Phi) is 5.28. The first kappa shape index (κ1) is 15.9. The second kappa shape index (κ2) is 6.98. The Labute approximate surface area is 134 Å². The van der Waals surface area contributed by atoms with Gasteiger partial charge in [-0.05, 0) is 53.4 Å². The Morgan fingerprint density at radius 3 is 2.62 bits per heavy atom. The minimum absolute atomic E-state index is 0.567. The highest BCUT2D eigenvalue weighted by Crippen LogP contribution is 2.30. The van der Waals surface area contributed by atoms with Crippen LogP contribution in [0.15, 0.2) is 28.9 Å². The number of benzene rings is 1. The van der Waals surface area contributed by atoms with E-state index in [0.29, 0.717) is 12.5 Å². The number of aromatic nitrogens is 2. The summed E-state index contributed by atoms with van der Waals surface area (Å²) in [5, 5.41) is 4.53. The monoisotopic (exact) mass is 352 g/mol. The summed E-state index contributed by atoms with van der Waals surface area (Å²) < 4.78 is 13.8. The van der Waals surface area contributed by atoms with Gasteiger partial charge in [0.15, 0.2) is 11.5 Å². The molecule has 0 spiro atoms. The first-order valence-electron chi connectivity index (χ1n) is 7.10. The molecule has 0 radical (unpaired) electrons. The van der Waals surface area contributed by atoms with Gasteiger partial charge in [0.1, 0.15) is 4.60 Å². The summed E-state index contributed by atoms with van der Waals surface area (Å²) in [4.78, 5) is 0. The Bertz CT molecular complexity index is 608. The molecule has 0 saturated carbocycles. The maximum atomic E-state index is 5.64. The number of ether oxygens (including phenoxy) is 2. The average Bonchev–Trinajstić information content (AvgIpc) is 2.79. The van der Waals surface area contributed by atoms with Gasteiger partial charge in [-0.2, -0.15) is 5.10 Å². The summed E-state index contributed by atoms with van der Waals surface area (Å²) >= 11 is 3.46. The summed E-state index contributed by atoms with van der Waals surface area (Å²) in [7, 11) is 1.65. The molecule has 0 bridgehead atoms. The van der Waals surface area contributed by atoms with Crippen molar-refractivity contribution in [3.05, 3.63) is 34.6 Å². The van der Waals surface area contributed by atoms with E-state index in [4.69, 9.17) is 9.47 Å². The van der Waals surface area contributed by atoms with Crippen LogP contribution in [0.2, 0.25) is 0 Å². The molecule has 0 atom stereocenters. The van der Waals surface area contributed by atoms with Crippen LogP contribution in [0.1, 0.15) is 26.5 Å². The molecule has 0 aliphatic carbocycles. The molecule has 114 valence electrons. The summed E-state index contributed by atoms with van der Waals surface area (Å²) in [5.74, 6) is 2.04. The molecule has 0 aliphatic heterocycles. The highest BCUT2D eigenvalue weighted by atomic mass is 79.9. The molecule has 1 aromatic carbocycles. The van der Waals surface area contributed by atoms with Crippen LogP contribution in [0.25, 0.3) is 5.69 Å². The van der Waals surface area contributed by atoms with Crippen LogP contribution in [0.5, 0.6) is 11.5 Å². The third kappa shape index (κ3) is 3.79. The van der Waals surface area contributed by atoms with Crippen LogP contribution >= 0.6 is 15.9 Å². The summed E-state index contributed by atoms with van der Waals surface area (Å²) in [5.41, 5.74) is 2.14. The number of rotatable bonds is 6.